The van der Waals surface area contributed by atoms with Crippen molar-refractivity contribution in [2.24, 2.45) is 15.3 Å². The highest BCUT2D eigenvalue weighted by molar-refractivity contribution is 5.95. The Morgan fingerprint density at radius 1 is 0.316 bits per heavy atom. The van der Waals surface area contributed by atoms with Gasteiger partial charge in [-0.3, -0.25) is 0 Å². The molecule has 0 saturated carbocycles. The van der Waals surface area contributed by atoms with Gasteiger partial charge in [0, 0.05) is 62.3 Å². The van der Waals surface area contributed by atoms with Gasteiger partial charge in [0.05, 0.1) is 0 Å². The van der Waals surface area contributed by atoms with Gasteiger partial charge in [-0.1, -0.05) is 210 Å². The van der Waals surface area contributed by atoms with Crippen molar-refractivity contribution in [1.82, 2.24) is 0 Å². The Morgan fingerprint density at radius 3 is 1.24 bits per heavy atom. The number of hydrogen-bond acceptors (Lipinski definition) is 4. The minimum atomic E-state index is -0.880. The van der Waals surface area contributed by atoms with Gasteiger partial charge in [-0.15, -0.1) is 0 Å². The predicted octanol–water partition coefficient (Wildman–Crippen LogP) is 19.0. The number of fused-ring (bicyclic) bond motifs is 6. The number of nitrogens with zero attached hydrogens (tertiary/aromatic N) is 10. The maximum atomic E-state index is 9.71. The van der Waals surface area contributed by atoms with E-state index in [0.29, 0.717) is 0 Å². The molecule has 10 nitrogen and oxygen atoms in total. The second-order valence-electron chi connectivity index (χ2n) is 19.6. The SMILES string of the molecule is CC1(CN=[N+]=[N-])c2ccccc2-c2ccc(-c3cc(N(c4ccc(-c5ccccc5)cc4)c4ccc(-c5ccccc5)c(-c5ccc6c(c5)C(CN=[N+]=[N-])(CN=[N+]=[N-])c5ccccc5-6)c4)ccc3-c3ccccc3)cc21. The third kappa shape index (κ3) is 8.09. The molecular formula is C66H48N10. The molecule has 0 fully saturated rings. The van der Waals surface area contributed by atoms with Crippen molar-refractivity contribution in [3.63, 3.8) is 0 Å². The van der Waals surface area contributed by atoms with Crippen LogP contribution in [0.4, 0.5) is 17.1 Å². The molecule has 0 N–H and O–H groups in total. The Morgan fingerprint density at radius 2 is 0.697 bits per heavy atom. The molecule has 0 amide bonds. The molecule has 0 heterocycles. The van der Waals surface area contributed by atoms with E-state index in [1.807, 2.05) is 36.4 Å². The normalized spacial score (nSPS) is 15.4. The van der Waals surface area contributed by atoms with Gasteiger partial charge < -0.3 is 4.90 Å². The van der Waals surface area contributed by atoms with Crippen molar-refractivity contribution in [3.8, 4) is 77.9 Å². The van der Waals surface area contributed by atoms with Crippen LogP contribution in [-0.4, -0.2) is 19.6 Å². The van der Waals surface area contributed by atoms with Crippen LogP contribution in [0, 0.1) is 0 Å². The summed E-state index contributed by atoms with van der Waals surface area (Å²) in [6.45, 7) is 2.64. The minimum Gasteiger partial charge on any atom is -0.310 e. The maximum Gasteiger partial charge on any atom is 0.0468 e. The molecular weight excluding hydrogens is 933 g/mol. The number of anilines is 3. The van der Waals surface area contributed by atoms with Crippen molar-refractivity contribution >= 4 is 17.1 Å². The molecule has 1 atom stereocenters. The van der Waals surface area contributed by atoms with E-state index in [1.54, 1.807) is 0 Å². The predicted molar refractivity (Wildman–Crippen MR) is 308 cm³/mol. The van der Waals surface area contributed by atoms with E-state index in [2.05, 4.69) is 242 Å². The smallest absolute Gasteiger partial charge is 0.0468 e. The van der Waals surface area contributed by atoms with Crippen LogP contribution >= 0.6 is 0 Å². The van der Waals surface area contributed by atoms with Crippen LogP contribution < -0.4 is 4.90 Å². The molecule has 10 aromatic rings. The summed E-state index contributed by atoms with van der Waals surface area (Å²) in [7, 11) is 0. The van der Waals surface area contributed by atoms with Gasteiger partial charge in [0.2, 0.25) is 0 Å². The summed E-state index contributed by atoms with van der Waals surface area (Å²) in [6.07, 6.45) is 0. The van der Waals surface area contributed by atoms with E-state index in [4.69, 9.17) is 0 Å². The molecule has 0 radical (unpaired) electrons. The molecule has 0 aliphatic heterocycles. The molecule has 12 rings (SSSR count). The van der Waals surface area contributed by atoms with Crippen molar-refractivity contribution in [2.45, 2.75) is 17.8 Å². The summed E-state index contributed by atoms with van der Waals surface area (Å²) < 4.78 is 0. The number of rotatable bonds is 14. The fourth-order valence-electron chi connectivity index (χ4n) is 11.8. The lowest BCUT2D eigenvalue weighted by molar-refractivity contribution is 0.549. The zero-order chi connectivity index (χ0) is 51.6. The summed E-state index contributed by atoms with van der Waals surface area (Å²) in [5, 5.41) is 12.5. The van der Waals surface area contributed by atoms with Gasteiger partial charge in [-0.05, 0) is 165 Å². The molecule has 0 aromatic heterocycles. The highest BCUT2D eigenvalue weighted by Crippen LogP contribution is 2.53. The van der Waals surface area contributed by atoms with Crippen molar-refractivity contribution in [3.05, 3.63) is 290 Å². The molecule has 362 valence electrons. The van der Waals surface area contributed by atoms with Gasteiger partial charge >= 0.3 is 0 Å². The van der Waals surface area contributed by atoms with Crippen LogP contribution in [0.5, 0.6) is 0 Å². The molecule has 10 heteroatoms. The average molecular weight is 981 g/mol. The third-order valence-corrected chi connectivity index (χ3v) is 15.5. The Balaban J connectivity index is 1.08. The molecule has 0 spiro atoms. The van der Waals surface area contributed by atoms with Gasteiger partial charge in [0.25, 0.3) is 0 Å². The van der Waals surface area contributed by atoms with Crippen LogP contribution in [0.3, 0.4) is 0 Å². The lowest BCUT2D eigenvalue weighted by atomic mass is 9.77. The summed E-state index contributed by atoms with van der Waals surface area (Å²) in [5.41, 5.74) is 49.5. The maximum absolute atomic E-state index is 9.71. The summed E-state index contributed by atoms with van der Waals surface area (Å²) in [6, 6.07) is 83.4. The average Bonchev–Trinajstić information content (AvgIpc) is 3.92. The van der Waals surface area contributed by atoms with E-state index in [-0.39, 0.29) is 19.6 Å². The largest absolute Gasteiger partial charge is 0.310 e. The lowest BCUT2D eigenvalue weighted by Crippen LogP contribution is -2.32. The Hall–Kier alpha value is -10.1. The second-order valence-corrected chi connectivity index (χ2v) is 19.6. The van der Waals surface area contributed by atoms with Crippen molar-refractivity contribution < 1.29 is 0 Å². The van der Waals surface area contributed by atoms with Gasteiger partial charge in [-0.2, -0.15) is 0 Å². The summed E-state index contributed by atoms with van der Waals surface area (Å²) >= 11 is 0. The van der Waals surface area contributed by atoms with Crippen LogP contribution in [0.1, 0.15) is 29.2 Å². The lowest BCUT2D eigenvalue weighted by Gasteiger charge is -2.30. The first-order valence-corrected chi connectivity index (χ1v) is 25.3. The summed E-state index contributed by atoms with van der Waals surface area (Å²) in [5.74, 6) is 0. The first-order chi connectivity index (χ1) is 37.4. The van der Waals surface area contributed by atoms with Gasteiger partial charge in [-0.25, -0.2) is 0 Å². The first kappa shape index (κ1) is 47.0. The van der Waals surface area contributed by atoms with E-state index in [0.717, 1.165) is 117 Å². The highest BCUT2D eigenvalue weighted by atomic mass is 15.2. The Labute approximate surface area is 440 Å². The number of azide groups is 3. The fraction of sp³-hybridized carbons (Fsp3) is 0.0909. The van der Waals surface area contributed by atoms with Crippen LogP contribution in [0.25, 0.3) is 109 Å². The molecule has 1 unspecified atom stereocenters. The van der Waals surface area contributed by atoms with E-state index in [1.165, 1.54) is 0 Å². The standard InChI is InChI=1S/C66H48N10/c1-65(41-70-73-67)61-23-13-11-21-55(61)57-33-27-48(37-63(57)65)59-39-51(31-35-53(59)46-17-7-3-8-18-46)76(50-29-25-45(26-30-50)44-15-5-2-6-16-44)52-32-36-54(47-19-9-4-10-20-47)60(40-52)49-28-34-58-56-22-12-14-24-62(56)66(42-71-74-68,43-72-75-69)64(58)38-49/h2-40H,41-43H2,1H3. The third-order valence-electron chi connectivity index (χ3n) is 15.5. The van der Waals surface area contributed by atoms with Crippen molar-refractivity contribution in [1.29, 1.82) is 0 Å². The molecule has 76 heavy (non-hydrogen) atoms. The second kappa shape index (κ2) is 19.7. The zero-order valence-corrected chi connectivity index (χ0v) is 41.6. The Bertz CT molecular complexity index is 3990. The molecule has 0 bridgehead atoms. The summed E-state index contributed by atoms with van der Waals surface area (Å²) in [4.78, 5) is 12.0. The van der Waals surface area contributed by atoms with E-state index >= 15 is 0 Å². The monoisotopic (exact) mass is 980 g/mol. The van der Waals surface area contributed by atoms with E-state index < -0.39 is 10.8 Å². The van der Waals surface area contributed by atoms with Gasteiger partial charge in [0.15, 0.2) is 0 Å². The van der Waals surface area contributed by atoms with Crippen LogP contribution in [-0.2, 0) is 10.8 Å². The topological polar surface area (TPSA) is 150 Å². The van der Waals surface area contributed by atoms with Crippen LogP contribution in [0.15, 0.2) is 252 Å². The molecule has 2 aliphatic rings. The number of hydrogen-bond donors (Lipinski definition) is 0. The molecule has 0 saturated heterocycles. The molecule has 2 aliphatic carbocycles. The fourth-order valence-corrected chi connectivity index (χ4v) is 11.8. The first-order valence-electron chi connectivity index (χ1n) is 25.3. The minimum absolute atomic E-state index is 0.0832. The van der Waals surface area contributed by atoms with Crippen LogP contribution in [0.2, 0.25) is 0 Å². The molecule has 10 aromatic carbocycles. The van der Waals surface area contributed by atoms with Gasteiger partial charge in [0.1, 0.15) is 0 Å². The zero-order valence-electron chi connectivity index (χ0n) is 41.6. The quantitative estimate of drug-likeness (QED) is 0.0595. The number of benzene rings is 10. The Kier molecular flexibility index (Phi) is 12.2. The van der Waals surface area contributed by atoms with Crippen molar-refractivity contribution in [2.75, 3.05) is 24.5 Å². The van der Waals surface area contributed by atoms with E-state index in [9.17, 15) is 16.6 Å². The highest BCUT2D eigenvalue weighted by Gasteiger charge is 2.43.